The van der Waals surface area contributed by atoms with Gasteiger partial charge in [-0.1, -0.05) is 12.1 Å². The Balaban J connectivity index is 2.14. The van der Waals surface area contributed by atoms with Crippen LogP contribution in [0, 0.1) is 0 Å². The Morgan fingerprint density at radius 1 is 1.31 bits per heavy atom. The van der Waals surface area contributed by atoms with Crippen molar-refractivity contribution in [3.63, 3.8) is 0 Å². The minimum atomic E-state index is -1.13. The smallest absolute Gasteiger partial charge is 0.373 e. The van der Waals surface area contributed by atoms with Crippen LogP contribution < -0.4 is 0 Å². The summed E-state index contributed by atoms with van der Waals surface area (Å²) in [6, 6.07) is 6.55. The average Bonchev–Trinajstić information content (AvgIpc) is 2.70. The molecule has 2 aromatic rings. The molecule has 16 heavy (non-hydrogen) atoms. The molecular weight excluding hydrogens is 210 g/mol. The molecule has 0 amide bonds. The molecular formula is C11H9NO4. The quantitative estimate of drug-likeness (QED) is 0.820. The molecule has 1 heterocycles. The number of carboxylic acid groups (broad SMARTS) is 1. The van der Waals surface area contributed by atoms with Crippen LogP contribution in [-0.4, -0.2) is 21.2 Å². The predicted octanol–water partition coefficient (Wildman–Crippen LogP) is 1.67. The van der Waals surface area contributed by atoms with E-state index in [2.05, 4.69) is 4.98 Å². The van der Waals surface area contributed by atoms with Crippen molar-refractivity contribution in [3.05, 3.63) is 47.7 Å². The molecule has 0 radical (unpaired) electrons. The van der Waals surface area contributed by atoms with E-state index in [4.69, 9.17) is 14.6 Å². The van der Waals surface area contributed by atoms with Crippen LogP contribution in [0.15, 0.2) is 34.9 Å². The number of benzene rings is 1. The van der Waals surface area contributed by atoms with Gasteiger partial charge in [0.1, 0.15) is 5.75 Å². The highest BCUT2D eigenvalue weighted by Crippen LogP contribution is 2.14. The van der Waals surface area contributed by atoms with Crippen molar-refractivity contribution in [1.29, 1.82) is 0 Å². The highest BCUT2D eigenvalue weighted by molar-refractivity contribution is 5.83. The summed E-state index contributed by atoms with van der Waals surface area (Å²) in [4.78, 5) is 14.4. The van der Waals surface area contributed by atoms with Gasteiger partial charge < -0.3 is 14.6 Å². The summed E-state index contributed by atoms with van der Waals surface area (Å²) in [5.74, 6) is -0.788. The molecule has 5 heteroatoms. The number of carbonyl (C=O) groups is 1. The van der Waals surface area contributed by atoms with Crippen molar-refractivity contribution in [2.45, 2.75) is 6.42 Å². The third kappa shape index (κ3) is 2.20. The van der Waals surface area contributed by atoms with Crippen LogP contribution >= 0.6 is 0 Å². The number of aromatic nitrogens is 1. The van der Waals surface area contributed by atoms with Crippen LogP contribution in [0.4, 0.5) is 0 Å². The Morgan fingerprint density at radius 2 is 2.00 bits per heavy atom. The molecule has 0 atom stereocenters. The summed E-state index contributed by atoms with van der Waals surface area (Å²) in [5.41, 5.74) is 0.886. The normalized spacial score (nSPS) is 10.2. The topological polar surface area (TPSA) is 83.6 Å². The van der Waals surface area contributed by atoms with Crippen LogP contribution in [0.5, 0.6) is 5.75 Å². The molecule has 5 nitrogen and oxygen atoms in total. The van der Waals surface area contributed by atoms with Crippen molar-refractivity contribution in [1.82, 2.24) is 4.98 Å². The van der Waals surface area contributed by atoms with E-state index in [1.165, 1.54) is 6.20 Å². The molecule has 82 valence electrons. The van der Waals surface area contributed by atoms with Gasteiger partial charge in [0.25, 0.3) is 0 Å². The third-order valence-electron chi connectivity index (χ3n) is 2.06. The monoisotopic (exact) mass is 219 g/mol. The number of carboxylic acids is 1. The van der Waals surface area contributed by atoms with Crippen molar-refractivity contribution in [2.24, 2.45) is 0 Å². The van der Waals surface area contributed by atoms with E-state index in [1.807, 2.05) is 0 Å². The first-order valence-corrected chi connectivity index (χ1v) is 4.61. The van der Waals surface area contributed by atoms with Gasteiger partial charge >= 0.3 is 5.97 Å². The van der Waals surface area contributed by atoms with Gasteiger partial charge in [-0.25, -0.2) is 9.78 Å². The fraction of sp³-hybridized carbons (Fsp3) is 0.0909. The Hall–Kier alpha value is -2.30. The van der Waals surface area contributed by atoms with Gasteiger partial charge in [-0.2, -0.15) is 0 Å². The Morgan fingerprint density at radius 3 is 2.56 bits per heavy atom. The lowest BCUT2D eigenvalue weighted by Crippen LogP contribution is -1.92. The zero-order valence-corrected chi connectivity index (χ0v) is 8.25. The van der Waals surface area contributed by atoms with E-state index in [1.54, 1.807) is 24.3 Å². The van der Waals surface area contributed by atoms with Crippen LogP contribution in [-0.2, 0) is 6.42 Å². The Bertz CT molecular complexity index is 501. The van der Waals surface area contributed by atoms with Gasteiger partial charge in [-0.15, -0.1) is 0 Å². The largest absolute Gasteiger partial charge is 0.508 e. The first kappa shape index (κ1) is 10.2. The molecule has 0 aliphatic heterocycles. The molecule has 0 unspecified atom stereocenters. The van der Waals surface area contributed by atoms with Gasteiger partial charge in [0.15, 0.2) is 5.89 Å². The zero-order chi connectivity index (χ0) is 11.5. The number of aromatic carboxylic acids is 1. The second-order valence-corrected chi connectivity index (χ2v) is 3.27. The summed E-state index contributed by atoms with van der Waals surface area (Å²) in [6.07, 6.45) is 1.58. The van der Waals surface area contributed by atoms with Gasteiger partial charge in [0.2, 0.25) is 5.76 Å². The zero-order valence-electron chi connectivity index (χ0n) is 8.25. The maximum Gasteiger partial charge on any atom is 0.373 e. The molecule has 1 aromatic carbocycles. The first-order valence-electron chi connectivity index (χ1n) is 4.61. The van der Waals surface area contributed by atoms with Crippen molar-refractivity contribution < 1.29 is 19.4 Å². The lowest BCUT2D eigenvalue weighted by Gasteiger charge is -1.97. The van der Waals surface area contributed by atoms with E-state index >= 15 is 0 Å². The second kappa shape index (κ2) is 4.06. The van der Waals surface area contributed by atoms with E-state index in [9.17, 15) is 4.79 Å². The molecule has 0 aliphatic carbocycles. The Labute approximate surface area is 91.0 Å². The summed E-state index contributed by atoms with van der Waals surface area (Å²) >= 11 is 0. The van der Waals surface area contributed by atoms with Crippen LogP contribution in [0.1, 0.15) is 22.0 Å². The number of hydrogen-bond acceptors (Lipinski definition) is 4. The molecule has 0 bridgehead atoms. The maximum atomic E-state index is 10.5. The first-order chi connectivity index (χ1) is 7.65. The van der Waals surface area contributed by atoms with Gasteiger partial charge in [0.05, 0.1) is 6.20 Å². The highest BCUT2D eigenvalue weighted by atomic mass is 16.4. The van der Waals surface area contributed by atoms with Gasteiger partial charge in [-0.3, -0.25) is 0 Å². The van der Waals surface area contributed by atoms with E-state index in [0.717, 1.165) is 5.56 Å². The lowest BCUT2D eigenvalue weighted by molar-refractivity contribution is 0.0660. The lowest BCUT2D eigenvalue weighted by atomic mass is 10.1. The number of nitrogens with zero attached hydrogens (tertiary/aromatic N) is 1. The number of aromatic hydroxyl groups is 1. The number of oxazole rings is 1. The standard InChI is InChI=1S/C11H9NO4/c13-8-3-1-7(2-4-8)5-10-12-6-9(16-10)11(14)15/h1-4,6,13H,5H2,(H,14,15). The van der Waals surface area contributed by atoms with Crippen LogP contribution in [0.25, 0.3) is 0 Å². The number of rotatable bonds is 3. The summed E-state index contributed by atoms with van der Waals surface area (Å²) in [7, 11) is 0. The molecule has 2 N–H and O–H groups in total. The highest BCUT2D eigenvalue weighted by Gasteiger charge is 2.10. The van der Waals surface area contributed by atoms with Crippen LogP contribution in [0.3, 0.4) is 0 Å². The van der Waals surface area contributed by atoms with E-state index < -0.39 is 5.97 Å². The second-order valence-electron chi connectivity index (χ2n) is 3.27. The molecule has 0 aliphatic rings. The molecule has 0 saturated carbocycles. The van der Waals surface area contributed by atoms with Gasteiger partial charge in [-0.05, 0) is 17.7 Å². The minimum absolute atomic E-state index is 0.172. The van der Waals surface area contributed by atoms with Gasteiger partial charge in [0, 0.05) is 6.42 Å². The Kier molecular flexibility index (Phi) is 2.59. The van der Waals surface area contributed by atoms with Crippen molar-refractivity contribution in [3.8, 4) is 5.75 Å². The fourth-order valence-corrected chi connectivity index (χ4v) is 1.28. The molecule has 2 rings (SSSR count). The van der Waals surface area contributed by atoms with Crippen LogP contribution in [0.2, 0.25) is 0 Å². The maximum absolute atomic E-state index is 10.5. The number of phenolic OH excluding ortho intramolecular Hbond substituents is 1. The number of phenols is 1. The fourth-order valence-electron chi connectivity index (χ4n) is 1.28. The third-order valence-corrected chi connectivity index (χ3v) is 2.06. The molecule has 0 fully saturated rings. The molecule has 1 aromatic heterocycles. The minimum Gasteiger partial charge on any atom is -0.508 e. The SMILES string of the molecule is O=C(O)c1cnc(Cc2ccc(O)cc2)o1. The average molecular weight is 219 g/mol. The molecule has 0 spiro atoms. The number of hydrogen-bond donors (Lipinski definition) is 2. The summed E-state index contributed by atoms with van der Waals surface area (Å²) in [5, 5.41) is 17.7. The predicted molar refractivity (Wildman–Crippen MR) is 54.4 cm³/mol. The van der Waals surface area contributed by atoms with Crippen molar-refractivity contribution >= 4 is 5.97 Å². The van der Waals surface area contributed by atoms with E-state index in [-0.39, 0.29) is 11.5 Å². The summed E-state index contributed by atoms with van der Waals surface area (Å²) in [6.45, 7) is 0. The summed E-state index contributed by atoms with van der Waals surface area (Å²) < 4.78 is 5.01. The van der Waals surface area contributed by atoms with Crippen molar-refractivity contribution in [2.75, 3.05) is 0 Å². The molecule has 0 saturated heterocycles. The van der Waals surface area contributed by atoms with E-state index in [0.29, 0.717) is 12.3 Å².